The Morgan fingerprint density at radius 3 is 2.56 bits per heavy atom. The Morgan fingerprint density at radius 1 is 1.33 bits per heavy atom. The fourth-order valence-corrected chi connectivity index (χ4v) is 4.81. The molecule has 1 aliphatic rings. The average Bonchev–Trinajstić information content (AvgIpc) is 2.63. The number of nitrogens with zero attached hydrogens (tertiary/aromatic N) is 1. The molecular formula is C19H30N2O5S. The summed E-state index contributed by atoms with van der Waals surface area (Å²) in [5.74, 6) is 0.489. The van der Waals surface area contributed by atoms with Gasteiger partial charge in [0.05, 0.1) is 18.1 Å². The number of piperidine rings is 1. The van der Waals surface area contributed by atoms with E-state index in [1.54, 1.807) is 25.3 Å². The van der Waals surface area contributed by atoms with Gasteiger partial charge in [-0.25, -0.2) is 8.42 Å². The number of amides is 1. The first-order chi connectivity index (χ1) is 12.8. The van der Waals surface area contributed by atoms with Crippen LogP contribution < -0.4 is 10.1 Å². The van der Waals surface area contributed by atoms with Crippen molar-refractivity contribution in [2.24, 2.45) is 5.92 Å². The predicted octanol–water partition coefficient (Wildman–Crippen LogP) is 1.95. The van der Waals surface area contributed by atoms with Gasteiger partial charge in [-0.2, -0.15) is 4.31 Å². The molecule has 1 aliphatic heterocycles. The van der Waals surface area contributed by atoms with Gasteiger partial charge in [0.15, 0.2) is 0 Å². The Labute approximate surface area is 162 Å². The van der Waals surface area contributed by atoms with E-state index >= 15 is 0 Å². The van der Waals surface area contributed by atoms with Crippen molar-refractivity contribution in [2.45, 2.75) is 44.6 Å². The first-order valence-electron chi connectivity index (χ1n) is 9.32. The monoisotopic (exact) mass is 398 g/mol. The van der Waals surface area contributed by atoms with Crippen molar-refractivity contribution in [3.05, 3.63) is 23.8 Å². The van der Waals surface area contributed by atoms with E-state index in [1.165, 1.54) is 4.31 Å². The van der Waals surface area contributed by atoms with Crippen molar-refractivity contribution >= 4 is 15.9 Å². The summed E-state index contributed by atoms with van der Waals surface area (Å²) in [6.45, 7) is 7.27. The number of hydrogen-bond donors (Lipinski definition) is 1. The minimum Gasteiger partial charge on any atom is -0.494 e. The first kappa shape index (κ1) is 21.7. The highest BCUT2D eigenvalue weighted by Crippen LogP contribution is 2.27. The fourth-order valence-electron chi connectivity index (χ4n) is 3.26. The molecule has 1 aromatic rings. The van der Waals surface area contributed by atoms with Crippen LogP contribution in [0.1, 0.15) is 32.3 Å². The number of sulfonamides is 1. The third kappa shape index (κ3) is 5.43. The van der Waals surface area contributed by atoms with Gasteiger partial charge in [-0.3, -0.25) is 4.79 Å². The number of benzene rings is 1. The molecule has 1 aromatic carbocycles. The van der Waals surface area contributed by atoms with Crippen LogP contribution in [0.5, 0.6) is 5.75 Å². The van der Waals surface area contributed by atoms with Crippen molar-refractivity contribution < 1.29 is 22.7 Å². The molecular weight excluding hydrogens is 368 g/mol. The van der Waals surface area contributed by atoms with Crippen LogP contribution in [0.25, 0.3) is 0 Å². The lowest BCUT2D eigenvalue weighted by Crippen LogP contribution is -2.45. The Balaban J connectivity index is 2.00. The van der Waals surface area contributed by atoms with E-state index in [0.29, 0.717) is 44.9 Å². The van der Waals surface area contributed by atoms with Crippen molar-refractivity contribution in [2.75, 3.05) is 33.4 Å². The van der Waals surface area contributed by atoms with E-state index in [1.807, 2.05) is 20.8 Å². The molecule has 0 spiro atoms. The lowest BCUT2D eigenvalue weighted by Gasteiger charge is -2.31. The molecule has 0 radical (unpaired) electrons. The van der Waals surface area contributed by atoms with Crippen molar-refractivity contribution in [1.29, 1.82) is 0 Å². The van der Waals surface area contributed by atoms with Crippen LogP contribution in [0.2, 0.25) is 0 Å². The predicted molar refractivity (Wildman–Crippen MR) is 103 cm³/mol. The molecule has 1 saturated heterocycles. The number of ether oxygens (including phenoxy) is 2. The van der Waals surface area contributed by atoms with Gasteiger partial charge in [0.1, 0.15) is 5.75 Å². The van der Waals surface area contributed by atoms with Gasteiger partial charge in [0.25, 0.3) is 0 Å². The zero-order valence-electron chi connectivity index (χ0n) is 16.5. The number of carbonyl (C=O) groups excluding carboxylic acids is 1. The van der Waals surface area contributed by atoms with Crippen LogP contribution in [-0.4, -0.2) is 58.1 Å². The van der Waals surface area contributed by atoms with Crippen LogP contribution >= 0.6 is 0 Å². The maximum Gasteiger partial charge on any atom is 0.243 e. The van der Waals surface area contributed by atoms with Gasteiger partial charge in [0.2, 0.25) is 15.9 Å². The van der Waals surface area contributed by atoms with E-state index < -0.39 is 10.0 Å². The van der Waals surface area contributed by atoms with Gasteiger partial charge < -0.3 is 14.8 Å². The third-order valence-corrected chi connectivity index (χ3v) is 6.61. The van der Waals surface area contributed by atoms with Gasteiger partial charge >= 0.3 is 0 Å². The number of rotatable bonds is 8. The van der Waals surface area contributed by atoms with Gasteiger partial charge in [0, 0.05) is 32.2 Å². The summed E-state index contributed by atoms with van der Waals surface area (Å²) in [5, 5.41) is 2.92. The molecule has 152 valence electrons. The number of hydrogen-bond acceptors (Lipinski definition) is 5. The second-order valence-corrected chi connectivity index (χ2v) is 8.84. The average molecular weight is 399 g/mol. The molecule has 0 saturated carbocycles. The van der Waals surface area contributed by atoms with Crippen LogP contribution in [-0.2, 0) is 19.6 Å². The summed E-state index contributed by atoms with van der Waals surface area (Å²) >= 11 is 0. The molecule has 1 unspecified atom stereocenters. The molecule has 0 bridgehead atoms. The second kappa shape index (κ2) is 9.52. The molecule has 7 nitrogen and oxygen atoms in total. The Morgan fingerprint density at radius 2 is 2.00 bits per heavy atom. The summed E-state index contributed by atoms with van der Waals surface area (Å²) in [6.07, 6.45) is 1.03. The molecule has 2 rings (SSSR count). The lowest BCUT2D eigenvalue weighted by atomic mass is 9.97. The highest BCUT2D eigenvalue weighted by Gasteiger charge is 2.32. The van der Waals surface area contributed by atoms with E-state index in [4.69, 9.17) is 9.47 Å². The zero-order valence-corrected chi connectivity index (χ0v) is 17.3. The summed E-state index contributed by atoms with van der Waals surface area (Å²) in [5.41, 5.74) is 0.791. The van der Waals surface area contributed by atoms with Crippen LogP contribution in [0.3, 0.4) is 0 Å². The largest absolute Gasteiger partial charge is 0.494 e. The molecule has 0 aromatic heterocycles. The Kier molecular flexibility index (Phi) is 7.64. The molecule has 1 N–H and O–H groups in total. The minimum absolute atomic E-state index is 0.0338. The number of nitrogens with one attached hydrogen (secondary N) is 1. The van der Waals surface area contributed by atoms with Crippen LogP contribution in [0.15, 0.2) is 23.1 Å². The van der Waals surface area contributed by atoms with Crippen LogP contribution in [0, 0.1) is 12.8 Å². The Bertz CT molecular complexity index is 742. The fraction of sp³-hybridized carbons (Fsp3) is 0.632. The number of methoxy groups -OCH3 is 1. The van der Waals surface area contributed by atoms with Crippen LogP contribution in [0.4, 0.5) is 0 Å². The number of carbonyl (C=O) groups is 1. The summed E-state index contributed by atoms with van der Waals surface area (Å²) in [4.78, 5) is 12.6. The quantitative estimate of drug-likeness (QED) is 0.723. The van der Waals surface area contributed by atoms with Gasteiger partial charge in [-0.05, 0) is 57.4 Å². The molecule has 0 aliphatic carbocycles. The van der Waals surface area contributed by atoms with E-state index in [2.05, 4.69) is 5.32 Å². The first-order valence-corrected chi connectivity index (χ1v) is 10.8. The van der Waals surface area contributed by atoms with E-state index in [9.17, 15) is 13.2 Å². The maximum absolute atomic E-state index is 12.9. The number of aryl methyl sites for hydroxylation is 1. The molecule has 8 heteroatoms. The molecule has 1 amide bonds. The highest BCUT2D eigenvalue weighted by atomic mass is 32.2. The normalized spacial score (nSPS) is 17.5. The third-order valence-electron chi connectivity index (χ3n) is 4.71. The van der Waals surface area contributed by atoms with Gasteiger partial charge in [-0.1, -0.05) is 0 Å². The second-order valence-electron chi connectivity index (χ2n) is 6.90. The zero-order chi connectivity index (χ0) is 20.0. The molecule has 27 heavy (non-hydrogen) atoms. The van der Waals surface area contributed by atoms with E-state index in [0.717, 1.165) is 5.56 Å². The molecule has 1 heterocycles. The van der Waals surface area contributed by atoms with Crippen molar-refractivity contribution in [3.63, 3.8) is 0 Å². The standard InChI is InChI=1S/C19H30N2O5S/c1-5-26-18-7-6-17(12-14(18)2)27(23,24)21-10-8-16(9-11-21)19(22)20-15(3)13-25-4/h6-7,12,15-16H,5,8-11,13H2,1-4H3,(H,20,22). The topological polar surface area (TPSA) is 84.9 Å². The van der Waals surface area contributed by atoms with Crippen molar-refractivity contribution in [3.8, 4) is 5.75 Å². The smallest absolute Gasteiger partial charge is 0.243 e. The summed E-state index contributed by atoms with van der Waals surface area (Å²) < 4.78 is 37.8. The maximum atomic E-state index is 12.9. The summed E-state index contributed by atoms with van der Waals surface area (Å²) in [7, 11) is -1.98. The summed E-state index contributed by atoms with van der Waals surface area (Å²) in [6, 6.07) is 4.86. The lowest BCUT2D eigenvalue weighted by molar-refractivity contribution is -0.127. The molecule has 1 atom stereocenters. The van der Waals surface area contributed by atoms with E-state index in [-0.39, 0.29) is 22.8 Å². The Hall–Kier alpha value is -1.64. The molecule has 1 fully saturated rings. The highest BCUT2D eigenvalue weighted by molar-refractivity contribution is 7.89. The van der Waals surface area contributed by atoms with Crippen molar-refractivity contribution in [1.82, 2.24) is 9.62 Å². The minimum atomic E-state index is -3.57. The van der Waals surface area contributed by atoms with Gasteiger partial charge in [-0.15, -0.1) is 0 Å². The SMILES string of the molecule is CCOc1ccc(S(=O)(=O)N2CCC(C(=O)NC(C)COC)CC2)cc1C.